The molecule has 0 aliphatic heterocycles. The first kappa shape index (κ1) is 27.0. The first-order chi connectivity index (χ1) is 17.9. The van der Waals surface area contributed by atoms with Gasteiger partial charge in [-0.15, -0.1) is 0 Å². The van der Waals surface area contributed by atoms with Gasteiger partial charge in [-0.05, 0) is 35.4 Å². The average Bonchev–Trinajstić information content (AvgIpc) is 2.85. The average molecular weight is 515 g/mol. The van der Waals surface area contributed by atoms with Crippen LogP contribution in [-0.4, -0.2) is 57.6 Å². The molecular weight excluding hydrogens is 476 g/mol. The fraction of sp³-hybridized carbons (Fsp3) is 0.250. The lowest BCUT2D eigenvalue weighted by atomic mass is 10.0. The van der Waals surface area contributed by atoms with Gasteiger partial charge in [-0.1, -0.05) is 60.7 Å². The molecule has 0 heterocycles. The Labute approximate surface area is 225 Å². The van der Waals surface area contributed by atoms with Crippen LogP contribution in [0.25, 0.3) is 11.1 Å². The number of benzene rings is 4. The zero-order chi connectivity index (χ0) is 27.5. The van der Waals surface area contributed by atoms with E-state index in [-0.39, 0.29) is 23.0 Å². The molecule has 198 valence electrons. The molecule has 4 aromatic rings. The second-order valence-corrected chi connectivity index (χ2v) is 11.5. The van der Waals surface area contributed by atoms with Crippen molar-refractivity contribution in [2.24, 2.45) is 0 Å². The number of para-hydroxylation sites is 2. The molecule has 0 aliphatic carbocycles. The van der Waals surface area contributed by atoms with E-state index in [0.717, 1.165) is 35.3 Å². The summed E-state index contributed by atoms with van der Waals surface area (Å²) in [5.74, 6) is -0.262. The Morgan fingerprint density at radius 3 is 1.13 bits per heavy atom. The van der Waals surface area contributed by atoms with Crippen LogP contribution in [0.3, 0.4) is 0 Å². The van der Waals surface area contributed by atoms with Crippen LogP contribution in [0.2, 0.25) is 0 Å². The lowest BCUT2D eigenvalue weighted by Crippen LogP contribution is -2.37. The fourth-order valence-electron chi connectivity index (χ4n) is 5.04. The lowest BCUT2D eigenvalue weighted by molar-refractivity contribution is -0.916. The Morgan fingerprint density at radius 2 is 0.789 bits per heavy atom. The second-order valence-electron chi connectivity index (χ2n) is 11.5. The zero-order valence-corrected chi connectivity index (χ0v) is 22.6. The number of phenolic OH excluding ortho intramolecular Hbond substituents is 4. The van der Waals surface area contributed by atoms with E-state index in [1.54, 1.807) is 12.1 Å². The lowest BCUT2D eigenvalue weighted by Gasteiger charge is -2.30. The van der Waals surface area contributed by atoms with Crippen molar-refractivity contribution in [3.63, 3.8) is 0 Å². The van der Waals surface area contributed by atoms with Crippen molar-refractivity contribution in [1.29, 1.82) is 0 Å². The number of phenols is 4. The maximum Gasteiger partial charge on any atom is 0.166 e. The van der Waals surface area contributed by atoms with E-state index in [1.165, 1.54) is 23.3 Å². The highest BCUT2D eigenvalue weighted by Gasteiger charge is 2.21. The number of aromatic hydroxyl groups is 4. The summed E-state index contributed by atoms with van der Waals surface area (Å²) < 4.78 is 1.28. The third-order valence-corrected chi connectivity index (χ3v) is 6.86. The minimum atomic E-state index is -0.0869. The molecule has 4 rings (SSSR count). The summed E-state index contributed by atoms with van der Waals surface area (Å²) in [6.45, 7) is 2.78. The quantitative estimate of drug-likeness (QED) is 0.170. The van der Waals surface area contributed by atoms with Crippen LogP contribution in [-0.2, 0) is 26.2 Å². The molecule has 0 saturated carbocycles. The van der Waals surface area contributed by atoms with Gasteiger partial charge in [0.15, 0.2) is 23.0 Å². The van der Waals surface area contributed by atoms with Crippen molar-refractivity contribution in [2.75, 3.05) is 28.2 Å². The van der Waals surface area contributed by atoms with Gasteiger partial charge < -0.3 is 29.4 Å². The Bertz CT molecular complexity index is 1290. The molecule has 0 bridgehead atoms. The molecule has 6 heteroatoms. The molecule has 0 fully saturated rings. The SMILES string of the molecule is C[N+](C)(Cc1ccc(-c2ccc(C[N+](C)(C)Cc3cccc(O)c3O)cc2)cc1)Cc1cccc(O)c1O. The van der Waals surface area contributed by atoms with Crippen LogP contribution < -0.4 is 0 Å². The van der Waals surface area contributed by atoms with Crippen molar-refractivity contribution in [1.82, 2.24) is 0 Å². The van der Waals surface area contributed by atoms with Crippen molar-refractivity contribution in [3.8, 4) is 34.1 Å². The monoisotopic (exact) mass is 514 g/mol. The Kier molecular flexibility index (Phi) is 7.67. The second kappa shape index (κ2) is 10.8. The van der Waals surface area contributed by atoms with E-state index in [0.29, 0.717) is 22.1 Å². The third kappa shape index (κ3) is 6.65. The van der Waals surface area contributed by atoms with Crippen LogP contribution in [0.15, 0.2) is 84.9 Å². The fourth-order valence-corrected chi connectivity index (χ4v) is 5.04. The predicted molar refractivity (Wildman–Crippen MR) is 150 cm³/mol. The molecule has 4 N–H and O–H groups in total. The molecule has 4 aromatic carbocycles. The first-order valence-electron chi connectivity index (χ1n) is 12.7. The number of hydrogen-bond donors (Lipinski definition) is 4. The highest BCUT2D eigenvalue weighted by atomic mass is 16.3. The van der Waals surface area contributed by atoms with E-state index in [1.807, 2.05) is 12.1 Å². The molecule has 38 heavy (non-hydrogen) atoms. The topological polar surface area (TPSA) is 80.9 Å². The van der Waals surface area contributed by atoms with Crippen LogP contribution in [0.5, 0.6) is 23.0 Å². The predicted octanol–water partition coefficient (Wildman–Crippen LogP) is 5.73. The Balaban J connectivity index is 1.39. The molecule has 0 aliphatic rings. The molecule has 0 atom stereocenters. The van der Waals surface area contributed by atoms with Crippen molar-refractivity contribution in [3.05, 3.63) is 107 Å². The summed E-state index contributed by atoms with van der Waals surface area (Å²) in [5, 5.41) is 40.0. The highest BCUT2D eigenvalue weighted by Crippen LogP contribution is 2.32. The molecular formula is C32H38N2O4+2. The Hall–Kier alpha value is -4.00. The summed E-state index contributed by atoms with van der Waals surface area (Å²) >= 11 is 0. The minimum absolute atomic E-state index is 0.0443. The van der Waals surface area contributed by atoms with Crippen LogP contribution in [0, 0.1) is 0 Å². The van der Waals surface area contributed by atoms with Crippen molar-refractivity contribution < 1.29 is 29.4 Å². The minimum Gasteiger partial charge on any atom is -0.504 e. The molecule has 0 aromatic heterocycles. The first-order valence-corrected chi connectivity index (χ1v) is 12.7. The Morgan fingerprint density at radius 1 is 0.447 bits per heavy atom. The zero-order valence-electron chi connectivity index (χ0n) is 22.6. The number of nitrogens with zero attached hydrogens (tertiary/aromatic N) is 2. The molecule has 0 saturated heterocycles. The van der Waals surface area contributed by atoms with E-state index in [2.05, 4.69) is 76.7 Å². The number of rotatable bonds is 9. The number of quaternary nitrogens is 2. The molecule has 6 nitrogen and oxygen atoms in total. The van der Waals surface area contributed by atoms with E-state index < -0.39 is 0 Å². The van der Waals surface area contributed by atoms with Crippen LogP contribution >= 0.6 is 0 Å². The van der Waals surface area contributed by atoms with Crippen LogP contribution in [0.1, 0.15) is 22.3 Å². The van der Waals surface area contributed by atoms with E-state index in [4.69, 9.17) is 0 Å². The van der Waals surface area contributed by atoms with Gasteiger partial charge in [-0.25, -0.2) is 0 Å². The summed E-state index contributed by atoms with van der Waals surface area (Å²) in [5.41, 5.74) is 6.15. The summed E-state index contributed by atoms with van der Waals surface area (Å²) in [6, 6.07) is 27.3. The molecule has 0 spiro atoms. The summed E-state index contributed by atoms with van der Waals surface area (Å²) in [6.07, 6.45) is 0. The summed E-state index contributed by atoms with van der Waals surface area (Å²) in [4.78, 5) is 0. The van der Waals surface area contributed by atoms with Gasteiger partial charge in [-0.3, -0.25) is 0 Å². The maximum absolute atomic E-state index is 10.2. The number of hydrogen-bond acceptors (Lipinski definition) is 4. The van der Waals surface area contributed by atoms with Crippen molar-refractivity contribution >= 4 is 0 Å². The van der Waals surface area contributed by atoms with E-state index in [9.17, 15) is 20.4 Å². The van der Waals surface area contributed by atoms with E-state index >= 15 is 0 Å². The normalized spacial score (nSPS) is 12.0. The maximum atomic E-state index is 10.2. The highest BCUT2D eigenvalue weighted by molar-refractivity contribution is 5.64. The largest absolute Gasteiger partial charge is 0.504 e. The standard InChI is InChI=1S/C32H36N2O4/c1-33(2,21-27-7-5-9-29(35)31(27)37)19-23-11-15-25(16-12-23)26-17-13-24(14-18-26)20-34(3,4)22-28-8-6-10-30(36)32(28)38/h5-18H,19-22H2,1-4H3,(H2-2,35,36,37,38)/p+2. The van der Waals surface area contributed by atoms with Gasteiger partial charge in [0.05, 0.1) is 39.3 Å². The van der Waals surface area contributed by atoms with Crippen molar-refractivity contribution in [2.45, 2.75) is 26.2 Å². The summed E-state index contributed by atoms with van der Waals surface area (Å²) in [7, 11) is 8.44. The van der Waals surface area contributed by atoms with Gasteiger partial charge in [0.1, 0.15) is 26.2 Å². The smallest absolute Gasteiger partial charge is 0.166 e. The van der Waals surface area contributed by atoms with Gasteiger partial charge in [0, 0.05) is 11.1 Å². The van der Waals surface area contributed by atoms with Crippen LogP contribution in [0.4, 0.5) is 0 Å². The van der Waals surface area contributed by atoms with Gasteiger partial charge in [0.2, 0.25) is 0 Å². The molecule has 0 amide bonds. The third-order valence-electron chi connectivity index (χ3n) is 6.86. The van der Waals surface area contributed by atoms with Gasteiger partial charge in [0.25, 0.3) is 0 Å². The van der Waals surface area contributed by atoms with Gasteiger partial charge >= 0.3 is 0 Å². The molecule has 0 unspecified atom stereocenters. The molecule has 0 radical (unpaired) electrons. The van der Waals surface area contributed by atoms with Gasteiger partial charge in [-0.2, -0.15) is 0 Å².